The molecule has 1 aromatic carbocycles. The van der Waals surface area contributed by atoms with Gasteiger partial charge in [0.15, 0.2) is 0 Å². The van der Waals surface area contributed by atoms with Gasteiger partial charge in [-0.2, -0.15) is 0 Å². The number of sulfonamides is 1. The fourth-order valence-electron chi connectivity index (χ4n) is 1.87. The topological polar surface area (TPSA) is 115 Å². The van der Waals surface area contributed by atoms with Gasteiger partial charge in [0.05, 0.1) is 5.69 Å². The van der Waals surface area contributed by atoms with Crippen molar-refractivity contribution in [3.05, 3.63) is 23.3 Å². The minimum absolute atomic E-state index is 0.132. The third-order valence-electron chi connectivity index (χ3n) is 3.02. The van der Waals surface area contributed by atoms with Crippen molar-refractivity contribution in [2.45, 2.75) is 38.0 Å². The van der Waals surface area contributed by atoms with E-state index in [2.05, 4.69) is 4.72 Å². The van der Waals surface area contributed by atoms with E-state index in [9.17, 15) is 13.2 Å². The summed E-state index contributed by atoms with van der Waals surface area (Å²) >= 11 is 0. The third-order valence-corrected chi connectivity index (χ3v) is 4.69. The molecule has 0 radical (unpaired) electrons. The Hall–Kier alpha value is -1.60. The van der Waals surface area contributed by atoms with E-state index in [1.165, 1.54) is 0 Å². The number of nitrogen functional groups attached to an aromatic ring is 1. The lowest BCUT2D eigenvalue weighted by molar-refractivity contribution is -0.118. The summed E-state index contributed by atoms with van der Waals surface area (Å²) in [4.78, 5) is 10.7. The lowest BCUT2D eigenvalue weighted by Gasteiger charge is -2.13. The van der Waals surface area contributed by atoms with Gasteiger partial charge in [-0.25, -0.2) is 13.1 Å². The molecule has 1 rings (SSSR count). The van der Waals surface area contributed by atoms with Crippen molar-refractivity contribution in [3.63, 3.8) is 0 Å². The molecule has 0 bridgehead atoms. The van der Waals surface area contributed by atoms with E-state index >= 15 is 0 Å². The number of nitrogens with one attached hydrogen (secondary N) is 1. The Morgan fingerprint density at radius 3 is 2.40 bits per heavy atom. The smallest absolute Gasteiger partial charge is 0.242 e. The summed E-state index contributed by atoms with van der Waals surface area (Å²) in [5.74, 6) is -0.383. The number of carbonyl (C=O) groups is 1. The van der Waals surface area contributed by atoms with Crippen LogP contribution in [0.3, 0.4) is 0 Å². The van der Waals surface area contributed by atoms with Crippen molar-refractivity contribution >= 4 is 21.6 Å². The molecule has 1 aromatic rings. The fraction of sp³-hybridized carbons (Fsp3) is 0.462. The van der Waals surface area contributed by atoms with Crippen molar-refractivity contribution in [1.29, 1.82) is 0 Å². The highest BCUT2D eigenvalue weighted by molar-refractivity contribution is 7.89. The molecule has 0 aromatic heterocycles. The molecule has 0 heterocycles. The summed E-state index contributed by atoms with van der Waals surface area (Å²) in [7, 11) is -3.64. The number of benzene rings is 1. The van der Waals surface area contributed by atoms with Gasteiger partial charge in [-0.05, 0) is 37.8 Å². The first kappa shape index (κ1) is 16.5. The van der Waals surface area contributed by atoms with Crippen LogP contribution in [0.15, 0.2) is 17.0 Å². The molecule has 112 valence electrons. The molecule has 0 aliphatic heterocycles. The number of amides is 1. The van der Waals surface area contributed by atoms with Crippen LogP contribution in [0.5, 0.6) is 0 Å². The third kappa shape index (κ3) is 4.21. The van der Waals surface area contributed by atoms with Gasteiger partial charge in [0.1, 0.15) is 4.90 Å². The molecule has 0 unspecified atom stereocenters. The summed E-state index contributed by atoms with van der Waals surface area (Å²) in [6.45, 7) is 3.72. The van der Waals surface area contributed by atoms with Gasteiger partial charge in [-0.15, -0.1) is 0 Å². The lowest BCUT2D eigenvalue weighted by Crippen LogP contribution is -2.27. The summed E-state index contributed by atoms with van der Waals surface area (Å²) in [5.41, 5.74) is 12.5. The number of anilines is 1. The number of carbonyl (C=O) groups excluding carboxylic acids is 1. The fourth-order valence-corrected chi connectivity index (χ4v) is 3.37. The van der Waals surface area contributed by atoms with E-state index in [1.54, 1.807) is 26.0 Å². The van der Waals surface area contributed by atoms with E-state index in [0.717, 1.165) is 5.56 Å². The highest BCUT2D eigenvalue weighted by Crippen LogP contribution is 2.25. The average molecular weight is 299 g/mol. The van der Waals surface area contributed by atoms with E-state index in [0.29, 0.717) is 18.4 Å². The molecule has 0 atom stereocenters. The van der Waals surface area contributed by atoms with Crippen LogP contribution in [-0.2, 0) is 14.8 Å². The number of nitrogens with two attached hydrogens (primary N) is 2. The van der Waals surface area contributed by atoms with Gasteiger partial charge >= 0.3 is 0 Å². The maximum absolute atomic E-state index is 12.2. The quantitative estimate of drug-likeness (QED) is 0.510. The van der Waals surface area contributed by atoms with Gasteiger partial charge in [-0.3, -0.25) is 4.79 Å². The summed E-state index contributed by atoms with van der Waals surface area (Å²) in [6.07, 6.45) is 1.36. The predicted molar refractivity (Wildman–Crippen MR) is 78.6 cm³/mol. The summed E-state index contributed by atoms with van der Waals surface area (Å²) in [5, 5.41) is 0. The van der Waals surface area contributed by atoms with Crippen LogP contribution >= 0.6 is 0 Å². The van der Waals surface area contributed by atoms with Crippen LogP contribution in [0.1, 0.15) is 30.4 Å². The molecule has 6 nitrogen and oxygen atoms in total. The predicted octanol–water partition coefficient (Wildman–Crippen LogP) is 0.820. The molecule has 0 spiro atoms. The van der Waals surface area contributed by atoms with Crippen molar-refractivity contribution in [1.82, 2.24) is 4.72 Å². The molecule has 0 aliphatic rings. The highest BCUT2D eigenvalue weighted by atomic mass is 32.2. The minimum atomic E-state index is -3.64. The Morgan fingerprint density at radius 1 is 1.20 bits per heavy atom. The molecular weight excluding hydrogens is 278 g/mol. The van der Waals surface area contributed by atoms with Crippen LogP contribution < -0.4 is 16.2 Å². The number of aryl methyl sites for hydroxylation is 2. The number of hydrogen-bond donors (Lipinski definition) is 3. The first-order valence-corrected chi connectivity index (χ1v) is 7.87. The Kier molecular flexibility index (Phi) is 5.52. The van der Waals surface area contributed by atoms with E-state index in [4.69, 9.17) is 11.5 Å². The average Bonchev–Trinajstić information content (AvgIpc) is 2.33. The van der Waals surface area contributed by atoms with Gasteiger partial charge in [0.2, 0.25) is 15.9 Å². The Morgan fingerprint density at radius 2 is 1.80 bits per heavy atom. The van der Waals surface area contributed by atoms with Gasteiger partial charge in [0, 0.05) is 13.0 Å². The van der Waals surface area contributed by atoms with Crippen molar-refractivity contribution in [2.75, 3.05) is 12.3 Å². The zero-order valence-electron chi connectivity index (χ0n) is 11.8. The molecule has 0 fully saturated rings. The number of primary amides is 1. The maximum atomic E-state index is 12.2. The molecule has 1 amide bonds. The Balaban J connectivity index is 2.75. The molecular formula is C13H21N3O3S. The molecule has 0 saturated heterocycles. The molecule has 0 saturated carbocycles. The Labute approximate surface area is 119 Å². The second kappa shape index (κ2) is 6.71. The standard InChI is InChI=1S/C13H21N3O3S/c1-9-6-7-10(2)13(12(9)15)20(18,19)16-8-4-3-5-11(14)17/h6-7,16H,3-5,8,15H2,1-2H3,(H2,14,17). The molecule has 0 aliphatic carbocycles. The van der Waals surface area contributed by atoms with E-state index in [-0.39, 0.29) is 29.5 Å². The minimum Gasteiger partial charge on any atom is -0.397 e. The number of rotatable bonds is 7. The van der Waals surface area contributed by atoms with Crippen LogP contribution in [0, 0.1) is 13.8 Å². The second-order valence-corrected chi connectivity index (χ2v) is 6.47. The monoisotopic (exact) mass is 299 g/mol. The first-order chi connectivity index (χ1) is 9.25. The van der Waals surface area contributed by atoms with Crippen LogP contribution in [-0.4, -0.2) is 20.9 Å². The molecule has 5 N–H and O–H groups in total. The van der Waals surface area contributed by atoms with Crippen LogP contribution in [0.4, 0.5) is 5.69 Å². The number of hydrogen-bond acceptors (Lipinski definition) is 4. The van der Waals surface area contributed by atoms with Crippen LogP contribution in [0.25, 0.3) is 0 Å². The first-order valence-electron chi connectivity index (χ1n) is 6.39. The normalized spacial score (nSPS) is 11.5. The number of unbranched alkanes of at least 4 members (excludes halogenated alkanes) is 1. The zero-order chi connectivity index (χ0) is 15.3. The summed E-state index contributed by atoms with van der Waals surface area (Å²) < 4.78 is 27.0. The van der Waals surface area contributed by atoms with E-state index < -0.39 is 10.0 Å². The van der Waals surface area contributed by atoms with Crippen molar-refractivity contribution in [2.24, 2.45) is 5.73 Å². The van der Waals surface area contributed by atoms with E-state index in [1.807, 2.05) is 0 Å². The Bertz CT molecular complexity index is 597. The molecule has 20 heavy (non-hydrogen) atoms. The second-order valence-electron chi connectivity index (χ2n) is 4.76. The maximum Gasteiger partial charge on any atom is 0.242 e. The van der Waals surface area contributed by atoms with Crippen molar-refractivity contribution < 1.29 is 13.2 Å². The van der Waals surface area contributed by atoms with Crippen LogP contribution in [0.2, 0.25) is 0 Å². The largest absolute Gasteiger partial charge is 0.397 e. The van der Waals surface area contributed by atoms with Gasteiger partial charge in [0.25, 0.3) is 0 Å². The van der Waals surface area contributed by atoms with Crippen molar-refractivity contribution in [3.8, 4) is 0 Å². The van der Waals surface area contributed by atoms with Gasteiger partial charge < -0.3 is 11.5 Å². The van der Waals surface area contributed by atoms with Gasteiger partial charge in [-0.1, -0.05) is 12.1 Å². The highest BCUT2D eigenvalue weighted by Gasteiger charge is 2.20. The SMILES string of the molecule is Cc1ccc(C)c(S(=O)(=O)NCCCCC(N)=O)c1N. The summed E-state index contributed by atoms with van der Waals surface area (Å²) in [6, 6.07) is 3.52. The lowest BCUT2D eigenvalue weighted by atomic mass is 10.1. The zero-order valence-corrected chi connectivity index (χ0v) is 12.6. The molecule has 7 heteroatoms.